The Kier molecular flexibility index (Phi) is 17.8. The lowest BCUT2D eigenvalue weighted by atomic mass is 10.1. The molecule has 6 nitrogen and oxygen atoms in total. The molecule has 0 saturated carbocycles. The van der Waals surface area contributed by atoms with Crippen LogP contribution in [0, 0.1) is 5.92 Å². The zero-order valence-electron chi connectivity index (χ0n) is 14.9. The van der Waals surface area contributed by atoms with Crippen LogP contribution in [0.15, 0.2) is 37.0 Å². The van der Waals surface area contributed by atoms with Crippen molar-refractivity contribution in [2.75, 3.05) is 21.3 Å². The van der Waals surface area contributed by atoms with Crippen molar-refractivity contribution in [3.63, 3.8) is 0 Å². The van der Waals surface area contributed by atoms with Gasteiger partial charge in [0.1, 0.15) is 0 Å². The van der Waals surface area contributed by atoms with Crippen LogP contribution in [0.5, 0.6) is 0 Å². The quantitative estimate of drug-likeness (QED) is 0.439. The highest BCUT2D eigenvalue weighted by atomic mass is 16.5. The van der Waals surface area contributed by atoms with Crippen LogP contribution in [-0.2, 0) is 28.6 Å². The third kappa shape index (κ3) is 15.8. The summed E-state index contributed by atoms with van der Waals surface area (Å²) in [6.07, 6.45) is 1.77. The summed E-state index contributed by atoms with van der Waals surface area (Å²) < 4.78 is 12.9. The fraction of sp³-hybridized carbons (Fsp3) is 0.471. The van der Waals surface area contributed by atoms with E-state index in [1.807, 2.05) is 20.8 Å². The first kappa shape index (κ1) is 25.6. The van der Waals surface area contributed by atoms with Crippen LogP contribution in [0.4, 0.5) is 0 Å². The first-order valence-corrected chi connectivity index (χ1v) is 6.86. The molecular weight excluding hydrogens is 300 g/mol. The standard InChI is InChI=1S/C7H12O2.C6H10O2.C4H6O2/c1-5(2)6(3)7(8)9-4;1-4-5(2)6(7)8-3;1-3-4(5)6-2/h5H,3H2,1-2,4H3;2,4H2,1,3H3;3H,1H2,2H3. The van der Waals surface area contributed by atoms with Gasteiger partial charge < -0.3 is 14.2 Å². The summed E-state index contributed by atoms with van der Waals surface area (Å²) in [5.41, 5.74) is 1.05. The predicted octanol–water partition coefficient (Wildman–Crippen LogP) is 2.84. The Morgan fingerprint density at radius 2 is 1.39 bits per heavy atom. The van der Waals surface area contributed by atoms with Gasteiger partial charge in [-0.25, -0.2) is 14.4 Å². The van der Waals surface area contributed by atoms with Crippen molar-refractivity contribution < 1.29 is 28.6 Å². The van der Waals surface area contributed by atoms with Crippen molar-refractivity contribution in [3.05, 3.63) is 37.0 Å². The molecular formula is C17H28O6. The van der Waals surface area contributed by atoms with Crippen molar-refractivity contribution in [3.8, 4) is 0 Å². The Morgan fingerprint density at radius 3 is 1.48 bits per heavy atom. The molecule has 0 aromatic rings. The van der Waals surface area contributed by atoms with Gasteiger partial charge in [-0.15, -0.1) is 0 Å². The van der Waals surface area contributed by atoms with Crippen LogP contribution >= 0.6 is 0 Å². The maximum absolute atomic E-state index is 10.6. The average Bonchev–Trinajstić information content (AvgIpc) is 2.58. The lowest BCUT2D eigenvalue weighted by Crippen LogP contribution is -2.08. The summed E-state index contributed by atoms with van der Waals surface area (Å²) in [5.74, 6) is -0.843. The second-order valence-corrected chi connectivity index (χ2v) is 4.35. The number of hydrogen-bond donors (Lipinski definition) is 0. The van der Waals surface area contributed by atoms with Gasteiger partial charge in [0.05, 0.1) is 21.3 Å². The molecule has 23 heavy (non-hydrogen) atoms. The van der Waals surface area contributed by atoms with Crippen LogP contribution in [0.2, 0.25) is 0 Å². The van der Waals surface area contributed by atoms with Gasteiger partial charge in [-0.2, -0.15) is 0 Å². The number of methoxy groups -OCH3 is 3. The van der Waals surface area contributed by atoms with Gasteiger partial charge in [-0.1, -0.05) is 40.5 Å². The minimum atomic E-state index is -0.394. The second kappa shape index (κ2) is 16.0. The number of ether oxygens (including phenoxy) is 3. The summed E-state index contributed by atoms with van der Waals surface area (Å²) >= 11 is 0. The summed E-state index contributed by atoms with van der Waals surface area (Å²) in [6.45, 7) is 15.8. The highest BCUT2D eigenvalue weighted by Gasteiger charge is 2.09. The Morgan fingerprint density at radius 1 is 0.957 bits per heavy atom. The van der Waals surface area contributed by atoms with E-state index in [9.17, 15) is 14.4 Å². The molecule has 0 amide bonds. The number of hydrogen-bond acceptors (Lipinski definition) is 6. The molecule has 0 aliphatic rings. The summed E-state index contributed by atoms with van der Waals surface area (Å²) in [7, 11) is 4.02. The Balaban J connectivity index is -0.000000266. The fourth-order valence-corrected chi connectivity index (χ4v) is 0.739. The Bertz CT molecular complexity index is 407. The number of rotatable bonds is 5. The first-order chi connectivity index (χ1) is 10.6. The molecule has 132 valence electrons. The topological polar surface area (TPSA) is 78.9 Å². The van der Waals surface area contributed by atoms with E-state index in [1.165, 1.54) is 21.3 Å². The summed E-state index contributed by atoms with van der Waals surface area (Å²) in [6, 6.07) is 0. The molecule has 0 N–H and O–H groups in total. The summed E-state index contributed by atoms with van der Waals surface area (Å²) in [4.78, 5) is 30.9. The molecule has 0 unspecified atom stereocenters. The molecule has 0 radical (unpaired) electrons. The third-order valence-corrected chi connectivity index (χ3v) is 2.41. The smallest absolute Gasteiger partial charge is 0.333 e. The maximum Gasteiger partial charge on any atom is 0.333 e. The predicted molar refractivity (Wildman–Crippen MR) is 89.7 cm³/mol. The van der Waals surface area contributed by atoms with Gasteiger partial charge >= 0.3 is 17.9 Å². The molecule has 0 aromatic heterocycles. The van der Waals surface area contributed by atoms with E-state index in [-0.39, 0.29) is 17.9 Å². The molecule has 0 fully saturated rings. The van der Waals surface area contributed by atoms with Crippen molar-refractivity contribution in [1.82, 2.24) is 0 Å². The average molecular weight is 328 g/mol. The first-order valence-electron chi connectivity index (χ1n) is 6.86. The lowest BCUT2D eigenvalue weighted by molar-refractivity contribution is -0.137. The van der Waals surface area contributed by atoms with Crippen LogP contribution in [0.25, 0.3) is 0 Å². The van der Waals surface area contributed by atoms with E-state index in [0.29, 0.717) is 17.6 Å². The van der Waals surface area contributed by atoms with Crippen molar-refractivity contribution in [2.24, 2.45) is 5.92 Å². The monoisotopic (exact) mass is 328 g/mol. The Labute approximate surface area is 138 Å². The van der Waals surface area contributed by atoms with Gasteiger partial charge in [0.2, 0.25) is 0 Å². The highest BCUT2D eigenvalue weighted by Crippen LogP contribution is 2.06. The highest BCUT2D eigenvalue weighted by molar-refractivity contribution is 5.88. The van der Waals surface area contributed by atoms with Gasteiger partial charge in [-0.3, -0.25) is 0 Å². The van der Waals surface area contributed by atoms with E-state index in [0.717, 1.165) is 6.08 Å². The van der Waals surface area contributed by atoms with Crippen LogP contribution in [0.3, 0.4) is 0 Å². The minimum absolute atomic E-state index is 0.178. The molecule has 0 rings (SSSR count). The minimum Gasteiger partial charge on any atom is -0.466 e. The summed E-state index contributed by atoms with van der Waals surface area (Å²) in [5, 5.41) is 0. The molecule has 0 aliphatic carbocycles. The molecule has 0 saturated heterocycles. The zero-order valence-corrected chi connectivity index (χ0v) is 14.9. The van der Waals surface area contributed by atoms with Crippen LogP contribution < -0.4 is 0 Å². The van der Waals surface area contributed by atoms with E-state index < -0.39 is 5.97 Å². The van der Waals surface area contributed by atoms with Crippen molar-refractivity contribution in [2.45, 2.75) is 27.2 Å². The molecule has 6 heteroatoms. The second-order valence-electron chi connectivity index (χ2n) is 4.35. The third-order valence-electron chi connectivity index (χ3n) is 2.41. The molecule has 0 aromatic carbocycles. The maximum atomic E-state index is 10.6. The SMILES string of the molecule is C=C(C(=O)OC)C(C)C.C=C(CC)C(=O)OC.C=CC(=O)OC. The van der Waals surface area contributed by atoms with Crippen LogP contribution in [-0.4, -0.2) is 39.2 Å². The molecule has 0 heterocycles. The van der Waals surface area contributed by atoms with Gasteiger partial charge in [-0.05, 0) is 12.3 Å². The molecule has 0 atom stereocenters. The molecule has 0 spiro atoms. The normalized spacial score (nSPS) is 8.30. The Hall–Kier alpha value is -2.37. The largest absolute Gasteiger partial charge is 0.466 e. The van der Waals surface area contributed by atoms with Crippen molar-refractivity contribution >= 4 is 17.9 Å². The number of esters is 3. The van der Waals surface area contributed by atoms with Crippen LogP contribution in [0.1, 0.15) is 27.2 Å². The molecule has 0 aliphatic heterocycles. The number of carbonyl (C=O) groups is 3. The van der Waals surface area contributed by atoms with Gasteiger partial charge in [0, 0.05) is 17.2 Å². The van der Waals surface area contributed by atoms with E-state index in [2.05, 4.69) is 33.9 Å². The fourth-order valence-electron chi connectivity index (χ4n) is 0.739. The molecule has 0 bridgehead atoms. The van der Waals surface area contributed by atoms with Gasteiger partial charge in [0.25, 0.3) is 0 Å². The number of carbonyl (C=O) groups excluding carboxylic acids is 3. The van der Waals surface area contributed by atoms with E-state index >= 15 is 0 Å². The lowest BCUT2D eigenvalue weighted by Gasteiger charge is -2.04. The van der Waals surface area contributed by atoms with E-state index in [4.69, 9.17) is 0 Å². The van der Waals surface area contributed by atoms with Crippen molar-refractivity contribution in [1.29, 1.82) is 0 Å². The zero-order chi connectivity index (χ0) is 19.0. The van der Waals surface area contributed by atoms with E-state index in [1.54, 1.807) is 0 Å². The van der Waals surface area contributed by atoms with Gasteiger partial charge in [0.15, 0.2) is 0 Å².